The second-order valence-corrected chi connectivity index (χ2v) is 12.5. The zero-order valence-corrected chi connectivity index (χ0v) is 26.5. The molecule has 1 aromatic carbocycles. The van der Waals surface area contributed by atoms with E-state index in [2.05, 4.69) is 44.5 Å². The number of rotatable bonds is 11. The molecule has 3 aliphatic heterocycles. The lowest BCUT2D eigenvalue weighted by atomic mass is 9.89. The van der Waals surface area contributed by atoms with E-state index in [9.17, 15) is 14.4 Å². The molecular weight excluding hydrogens is 528 g/mol. The van der Waals surface area contributed by atoms with Crippen LogP contribution >= 0.6 is 0 Å². The average Bonchev–Trinajstić information content (AvgIpc) is 3.21. The van der Waals surface area contributed by atoms with E-state index in [1.54, 1.807) is 18.3 Å². The normalized spacial score (nSPS) is 22.0. The molecule has 3 unspecified atom stereocenters. The zero-order valence-electron chi connectivity index (χ0n) is 26.5. The van der Waals surface area contributed by atoms with Gasteiger partial charge in [-0.05, 0) is 50.2 Å². The average molecular weight is 579 g/mol. The number of unbranched alkanes of at least 4 members (excludes halogenated alkanes) is 2. The highest BCUT2D eigenvalue weighted by atomic mass is 16.5. The predicted molar refractivity (Wildman–Crippen MR) is 165 cm³/mol. The second kappa shape index (κ2) is 13.9. The van der Waals surface area contributed by atoms with Gasteiger partial charge in [0.1, 0.15) is 17.5 Å². The van der Waals surface area contributed by atoms with Crippen molar-refractivity contribution in [3.05, 3.63) is 53.9 Å². The molecule has 2 fully saturated rings. The van der Waals surface area contributed by atoms with Crippen LogP contribution in [0.1, 0.15) is 84.6 Å². The van der Waals surface area contributed by atoms with E-state index < -0.39 is 11.7 Å². The van der Waals surface area contributed by atoms with Gasteiger partial charge >= 0.3 is 5.97 Å². The largest absolute Gasteiger partial charge is 0.423 e. The smallest absolute Gasteiger partial charge is 0.341 e. The number of esters is 1. The summed E-state index contributed by atoms with van der Waals surface area (Å²) in [7, 11) is 3.99. The van der Waals surface area contributed by atoms with Crippen LogP contribution in [-0.2, 0) is 20.8 Å². The molecule has 2 amide bonds. The minimum Gasteiger partial charge on any atom is -0.423 e. The minimum absolute atomic E-state index is 0.0339. The molecule has 0 aliphatic carbocycles. The molecule has 3 aliphatic rings. The van der Waals surface area contributed by atoms with Crippen molar-refractivity contribution in [3.63, 3.8) is 0 Å². The Bertz CT molecular complexity index is 1170. The Morgan fingerprint density at radius 1 is 1.05 bits per heavy atom. The molecule has 0 radical (unpaired) electrons. The van der Waals surface area contributed by atoms with Gasteiger partial charge in [0.15, 0.2) is 0 Å². The van der Waals surface area contributed by atoms with Crippen LogP contribution in [0.5, 0.6) is 5.75 Å². The quantitative estimate of drug-likeness (QED) is 0.200. The van der Waals surface area contributed by atoms with Crippen molar-refractivity contribution in [1.29, 1.82) is 0 Å². The summed E-state index contributed by atoms with van der Waals surface area (Å²) in [4.78, 5) is 49.4. The lowest BCUT2D eigenvalue weighted by Crippen LogP contribution is -2.63. The molecule has 4 rings (SSSR count). The van der Waals surface area contributed by atoms with Crippen LogP contribution in [0, 0.1) is 5.92 Å². The van der Waals surface area contributed by atoms with E-state index in [1.807, 2.05) is 41.3 Å². The molecule has 8 heteroatoms. The molecule has 42 heavy (non-hydrogen) atoms. The van der Waals surface area contributed by atoms with Gasteiger partial charge in [0.25, 0.3) is 0 Å². The molecule has 3 heterocycles. The van der Waals surface area contributed by atoms with Crippen molar-refractivity contribution in [2.75, 3.05) is 27.2 Å². The van der Waals surface area contributed by atoms with Crippen molar-refractivity contribution < 1.29 is 19.1 Å². The van der Waals surface area contributed by atoms with Gasteiger partial charge in [0, 0.05) is 64.5 Å². The molecule has 3 atom stereocenters. The molecule has 1 aromatic rings. The SMILES string of the molecule is CCCCCC(=O)N1C(Cc2ccc(OC(=O)C3=CN(C)C=CC3)cc2)C(=O)N(C(C)C(C)CC)C12CCN(C)CC2. The van der Waals surface area contributed by atoms with Crippen molar-refractivity contribution >= 4 is 17.8 Å². The third kappa shape index (κ3) is 6.74. The molecule has 0 bridgehead atoms. The molecule has 1 spiro atoms. The van der Waals surface area contributed by atoms with Gasteiger partial charge in [-0.1, -0.05) is 58.2 Å². The van der Waals surface area contributed by atoms with Gasteiger partial charge in [-0.2, -0.15) is 0 Å². The summed E-state index contributed by atoms with van der Waals surface area (Å²) in [5, 5.41) is 0. The Labute approximate surface area is 252 Å². The number of piperidine rings is 1. The first kappa shape index (κ1) is 31.8. The fourth-order valence-corrected chi connectivity index (χ4v) is 6.66. The first-order valence-electron chi connectivity index (χ1n) is 15.9. The number of ether oxygens (including phenoxy) is 1. The van der Waals surface area contributed by atoms with Gasteiger partial charge < -0.3 is 24.3 Å². The standard InChI is InChI=1S/C34H50N4O4/c1-7-9-10-13-31(39)38-30(32(40)37(26(4)25(3)8-2)34(38)18-21-35(5)22-19-34)23-27-14-16-29(17-15-27)42-33(41)28-12-11-20-36(6)24-28/h11,14-17,20,24-26,30H,7-10,12-13,18-19,21-23H2,1-6H3. The van der Waals surface area contributed by atoms with Gasteiger partial charge in [-0.15, -0.1) is 0 Å². The van der Waals surface area contributed by atoms with E-state index in [0.717, 1.165) is 57.2 Å². The Hall–Kier alpha value is -3.13. The molecule has 2 saturated heterocycles. The van der Waals surface area contributed by atoms with Crippen LogP contribution in [0.4, 0.5) is 0 Å². The van der Waals surface area contributed by atoms with Gasteiger partial charge in [0.2, 0.25) is 11.8 Å². The second-order valence-electron chi connectivity index (χ2n) is 12.5. The predicted octanol–water partition coefficient (Wildman–Crippen LogP) is 5.34. The van der Waals surface area contributed by atoms with Gasteiger partial charge in [-0.3, -0.25) is 9.59 Å². The van der Waals surface area contributed by atoms with Crippen LogP contribution in [0.2, 0.25) is 0 Å². The van der Waals surface area contributed by atoms with Crippen LogP contribution in [0.3, 0.4) is 0 Å². The summed E-state index contributed by atoms with van der Waals surface area (Å²) < 4.78 is 5.64. The van der Waals surface area contributed by atoms with Crippen LogP contribution in [0.15, 0.2) is 48.3 Å². The van der Waals surface area contributed by atoms with E-state index in [0.29, 0.717) is 36.5 Å². The molecular formula is C34H50N4O4. The van der Waals surface area contributed by atoms with Crippen molar-refractivity contribution in [1.82, 2.24) is 19.6 Å². The Balaban J connectivity index is 1.60. The highest BCUT2D eigenvalue weighted by molar-refractivity contribution is 5.93. The molecule has 0 N–H and O–H groups in total. The lowest BCUT2D eigenvalue weighted by Gasteiger charge is -2.51. The zero-order chi connectivity index (χ0) is 30.4. The lowest BCUT2D eigenvalue weighted by molar-refractivity contribution is -0.150. The summed E-state index contributed by atoms with van der Waals surface area (Å²) in [6.07, 6.45) is 12.5. The fraction of sp³-hybridized carbons (Fsp3) is 0.618. The summed E-state index contributed by atoms with van der Waals surface area (Å²) in [5.41, 5.74) is 0.947. The topological polar surface area (TPSA) is 73.4 Å². The highest BCUT2D eigenvalue weighted by Gasteiger charge is 2.60. The van der Waals surface area contributed by atoms with Crippen LogP contribution in [-0.4, -0.2) is 82.3 Å². The maximum Gasteiger partial charge on any atom is 0.341 e. The van der Waals surface area contributed by atoms with Crippen molar-refractivity contribution in [3.8, 4) is 5.75 Å². The van der Waals surface area contributed by atoms with E-state index in [-0.39, 0.29) is 23.8 Å². The maximum atomic E-state index is 14.4. The number of benzene rings is 1. The van der Waals surface area contributed by atoms with Crippen molar-refractivity contribution in [2.45, 2.75) is 103 Å². The third-order valence-electron chi connectivity index (χ3n) is 9.52. The molecule has 8 nitrogen and oxygen atoms in total. The first-order valence-corrected chi connectivity index (χ1v) is 15.9. The molecule has 0 aromatic heterocycles. The van der Waals surface area contributed by atoms with Crippen molar-refractivity contribution in [2.24, 2.45) is 5.92 Å². The third-order valence-corrected chi connectivity index (χ3v) is 9.52. The van der Waals surface area contributed by atoms with E-state index in [4.69, 9.17) is 4.74 Å². The fourth-order valence-electron chi connectivity index (χ4n) is 6.66. The van der Waals surface area contributed by atoms with Gasteiger partial charge in [0.05, 0.1) is 5.57 Å². The van der Waals surface area contributed by atoms with Crippen LogP contribution < -0.4 is 4.74 Å². The Morgan fingerprint density at radius 3 is 2.36 bits per heavy atom. The summed E-state index contributed by atoms with van der Waals surface area (Å²) in [5.74, 6) is 0.576. The molecule has 230 valence electrons. The number of likely N-dealkylation sites (tertiary alicyclic amines) is 1. The number of nitrogens with zero attached hydrogens (tertiary/aromatic N) is 4. The Morgan fingerprint density at radius 2 is 1.74 bits per heavy atom. The first-order chi connectivity index (χ1) is 20.1. The van der Waals surface area contributed by atoms with Crippen LogP contribution in [0.25, 0.3) is 0 Å². The number of amides is 2. The number of carbonyl (C=O) groups excluding carboxylic acids is 3. The maximum absolute atomic E-state index is 14.4. The van der Waals surface area contributed by atoms with Gasteiger partial charge in [-0.25, -0.2) is 4.79 Å². The number of carbonyl (C=O) groups is 3. The number of allylic oxidation sites excluding steroid dienone is 1. The number of hydrogen-bond acceptors (Lipinski definition) is 6. The monoisotopic (exact) mass is 578 g/mol. The summed E-state index contributed by atoms with van der Waals surface area (Å²) in [6, 6.07) is 6.89. The minimum atomic E-state index is -0.592. The van der Waals surface area contributed by atoms with E-state index in [1.165, 1.54) is 0 Å². The summed E-state index contributed by atoms with van der Waals surface area (Å²) >= 11 is 0. The Kier molecular flexibility index (Phi) is 10.5. The highest BCUT2D eigenvalue weighted by Crippen LogP contribution is 2.44. The van der Waals surface area contributed by atoms with E-state index >= 15 is 0 Å². The molecule has 0 saturated carbocycles. The number of hydrogen-bond donors (Lipinski definition) is 0. The summed E-state index contributed by atoms with van der Waals surface area (Å²) in [6.45, 7) is 10.4.